The van der Waals surface area contributed by atoms with Crippen LogP contribution < -0.4 is 5.56 Å². The SMILES string of the molecule is O=c1cc(CN2CCC(CO)CC2)nc2scnn12. The highest BCUT2D eigenvalue weighted by Gasteiger charge is 2.19. The predicted octanol–water partition coefficient (Wildman–Crippen LogP) is 0.355. The first kappa shape index (κ1) is 12.7. The van der Waals surface area contributed by atoms with Crippen molar-refractivity contribution < 1.29 is 5.11 Å². The zero-order chi connectivity index (χ0) is 13.2. The fraction of sp³-hybridized carbons (Fsp3) is 0.583. The van der Waals surface area contributed by atoms with Crippen LogP contribution in [0.4, 0.5) is 0 Å². The van der Waals surface area contributed by atoms with Crippen molar-refractivity contribution in [3.05, 3.63) is 27.6 Å². The van der Waals surface area contributed by atoms with E-state index in [2.05, 4.69) is 15.0 Å². The van der Waals surface area contributed by atoms with Crippen molar-refractivity contribution >= 4 is 16.3 Å². The minimum Gasteiger partial charge on any atom is -0.396 e. The lowest BCUT2D eigenvalue weighted by Crippen LogP contribution is -2.34. The van der Waals surface area contributed by atoms with Crippen molar-refractivity contribution in [1.82, 2.24) is 19.5 Å². The Bertz CT molecular complexity index is 615. The summed E-state index contributed by atoms with van der Waals surface area (Å²) in [5, 5.41) is 13.1. The molecule has 0 bridgehead atoms. The molecule has 0 spiro atoms. The van der Waals surface area contributed by atoms with E-state index in [1.54, 1.807) is 11.6 Å². The number of aliphatic hydroxyl groups is 1. The third-order valence-electron chi connectivity index (χ3n) is 3.59. The fourth-order valence-corrected chi connectivity index (χ4v) is 3.08. The molecule has 2 aromatic heterocycles. The van der Waals surface area contributed by atoms with Crippen LogP contribution in [-0.2, 0) is 6.54 Å². The van der Waals surface area contributed by atoms with Gasteiger partial charge in [-0.05, 0) is 31.8 Å². The van der Waals surface area contributed by atoms with Crippen molar-refractivity contribution in [2.24, 2.45) is 5.92 Å². The van der Waals surface area contributed by atoms with Crippen LogP contribution in [0.2, 0.25) is 0 Å². The van der Waals surface area contributed by atoms with Gasteiger partial charge >= 0.3 is 0 Å². The molecule has 7 heteroatoms. The standard InChI is InChI=1S/C12H16N4O2S/c17-7-9-1-3-15(4-2-9)6-10-5-11(18)16-12(14-10)19-8-13-16/h5,8-9,17H,1-4,6-7H2. The van der Waals surface area contributed by atoms with Gasteiger partial charge in [0, 0.05) is 19.2 Å². The molecule has 19 heavy (non-hydrogen) atoms. The number of aromatic nitrogens is 3. The molecule has 1 aliphatic heterocycles. The van der Waals surface area contributed by atoms with E-state index in [1.807, 2.05) is 0 Å². The molecule has 2 aromatic rings. The second kappa shape index (κ2) is 5.36. The summed E-state index contributed by atoms with van der Waals surface area (Å²) in [6.07, 6.45) is 2.02. The normalized spacial score (nSPS) is 18.2. The molecule has 1 saturated heterocycles. The Labute approximate surface area is 114 Å². The maximum absolute atomic E-state index is 11.8. The van der Waals surface area contributed by atoms with Gasteiger partial charge in [0.1, 0.15) is 5.51 Å². The van der Waals surface area contributed by atoms with Crippen LogP contribution in [0.3, 0.4) is 0 Å². The number of rotatable bonds is 3. The average molecular weight is 280 g/mol. The molecular weight excluding hydrogens is 264 g/mol. The van der Waals surface area contributed by atoms with Crippen LogP contribution >= 0.6 is 11.3 Å². The molecule has 102 valence electrons. The first-order valence-electron chi connectivity index (χ1n) is 6.42. The number of piperidine rings is 1. The van der Waals surface area contributed by atoms with E-state index >= 15 is 0 Å². The van der Waals surface area contributed by atoms with Gasteiger partial charge in [-0.1, -0.05) is 11.3 Å². The summed E-state index contributed by atoms with van der Waals surface area (Å²) in [6, 6.07) is 1.56. The summed E-state index contributed by atoms with van der Waals surface area (Å²) in [5.74, 6) is 0.429. The monoisotopic (exact) mass is 280 g/mol. The van der Waals surface area contributed by atoms with Crippen LogP contribution in [0, 0.1) is 5.92 Å². The van der Waals surface area contributed by atoms with Crippen molar-refractivity contribution in [3.63, 3.8) is 0 Å². The molecule has 1 N–H and O–H groups in total. The number of hydrogen-bond donors (Lipinski definition) is 1. The van der Waals surface area contributed by atoms with Gasteiger partial charge in [-0.15, -0.1) is 0 Å². The molecule has 0 unspecified atom stereocenters. The Kier molecular flexibility index (Phi) is 3.58. The third kappa shape index (κ3) is 2.68. The van der Waals surface area contributed by atoms with E-state index in [4.69, 9.17) is 5.11 Å². The summed E-state index contributed by atoms with van der Waals surface area (Å²) in [5.41, 5.74) is 2.31. The van der Waals surface area contributed by atoms with Crippen LogP contribution in [-0.4, -0.2) is 44.3 Å². The third-order valence-corrected chi connectivity index (χ3v) is 4.27. The second-order valence-corrected chi connectivity index (χ2v) is 5.73. The molecule has 0 aromatic carbocycles. The molecule has 6 nitrogen and oxygen atoms in total. The molecule has 0 atom stereocenters. The van der Waals surface area contributed by atoms with Crippen LogP contribution in [0.5, 0.6) is 0 Å². The zero-order valence-corrected chi connectivity index (χ0v) is 11.3. The second-order valence-electron chi connectivity index (χ2n) is 4.92. The number of hydrogen-bond acceptors (Lipinski definition) is 6. The maximum Gasteiger partial charge on any atom is 0.275 e. The van der Waals surface area contributed by atoms with Gasteiger partial charge in [-0.25, -0.2) is 4.98 Å². The first-order valence-corrected chi connectivity index (χ1v) is 7.30. The lowest BCUT2D eigenvalue weighted by molar-refractivity contribution is 0.126. The Morgan fingerprint density at radius 1 is 1.42 bits per heavy atom. The molecule has 0 aliphatic carbocycles. The largest absolute Gasteiger partial charge is 0.396 e. The van der Waals surface area contributed by atoms with Crippen molar-refractivity contribution in [1.29, 1.82) is 0 Å². The minimum atomic E-state index is -0.119. The molecule has 3 heterocycles. The number of nitrogens with zero attached hydrogens (tertiary/aromatic N) is 4. The van der Waals surface area contributed by atoms with E-state index in [1.165, 1.54) is 15.9 Å². The van der Waals surface area contributed by atoms with Gasteiger partial charge in [0.15, 0.2) is 0 Å². The summed E-state index contributed by atoms with van der Waals surface area (Å²) >= 11 is 1.37. The predicted molar refractivity (Wildman–Crippen MR) is 72.2 cm³/mol. The first-order chi connectivity index (χ1) is 9.26. The molecule has 0 saturated carbocycles. The summed E-state index contributed by atoms with van der Waals surface area (Å²) in [7, 11) is 0. The Balaban J connectivity index is 1.73. The van der Waals surface area contributed by atoms with Crippen LogP contribution in [0.25, 0.3) is 4.96 Å². The summed E-state index contributed by atoms with van der Waals surface area (Å²) < 4.78 is 1.33. The molecule has 3 rings (SSSR count). The fourth-order valence-electron chi connectivity index (χ4n) is 2.44. The summed E-state index contributed by atoms with van der Waals surface area (Å²) in [4.78, 5) is 19.2. The van der Waals surface area contributed by atoms with E-state index in [9.17, 15) is 4.79 Å². The molecule has 1 aliphatic rings. The summed E-state index contributed by atoms with van der Waals surface area (Å²) in [6.45, 7) is 2.88. The number of likely N-dealkylation sites (tertiary alicyclic amines) is 1. The van der Waals surface area contributed by atoms with Crippen LogP contribution in [0.15, 0.2) is 16.4 Å². The highest BCUT2D eigenvalue weighted by molar-refractivity contribution is 7.14. The lowest BCUT2D eigenvalue weighted by Gasteiger charge is -2.30. The molecule has 0 radical (unpaired) electrons. The van der Waals surface area contributed by atoms with Gasteiger partial charge in [0.05, 0.1) is 5.69 Å². The van der Waals surface area contributed by atoms with Crippen molar-refractivity contribution in [2.45, 2.75) is 19.4 Å². The Morgan fingerprint density at radius 2 is 2.21 bits per heavy atom. The highest BCUT2D eigenvalue weighted by atomic mass is 32.1. The van der Waals surface area contributed by atoms with Gasteiger partial charge in [0.2, 0.25) is 4.96 Å². The zero-order valence-electron chi connectivity index (χ0n) is 10.5. The Hall–Kier alpha value is -1.31. The lowest BCUT2D eigenvalue weighted by atomic mass is 9.98. The average Bonchev–Trinajstić information content (AvgIpc) is 2.88. The number of aliphatic hydroxyl groups excluding tert-OH is 1. The van der Waals surface area contributed by atoms with Crippen molar-refractivity contribution in [3.8, 4) is 0 Å². The van der Waals surface area contributed by atoms with Gasteiger partial charge in [0.25, 0.3) is 5.56 Å². The highest BCUT2D eigenvalue weighted by Crippen LogP contribution is 2.17. The number of fused-ring (bicyclic) bond motifs is 1. The van der Waals surface area contributed by atoms with E-state index < -0.39 is 0 Å². The van der Waals surface area contributed by atoms with Crippen molar-refractivity contribution in [2.75, 3.05) is 19.7 Å². The molecular formula is C12H16N4O2S. The van der Waals surface area contributed by atoms with Gasteiger partial charge in [-0.2, -0.15) is 9.61 Å². The molecule has 1 fully saturated rings. The van der Waals surface area contributed by atoms with E-state index in [0.29, 0.717) is 17.4 Å². The van der Waals surface area contributed by atoms with Gasteiger partial charge in [-0.3, -0.25) is 9.69 Å². The quantitative estimate of drug-likeness (QED) is 0.879. The van der Waals surface area contributed by atoms with Gasteiger partial charge < -0.3 is 5.11 Å². The minimum absolute atomic E-state index is 0.119. The van der Waals surface area contributed by atoms with E-state index in [-0.39, 0.29) is 12.2 Å². The smallest absolute Gasteiger partial charge is 0.275 e. The Morgan fingerprint density at radius 3 is 2.95 bits per heavy atom. The maximum atomic E-state index is 11.8. The van der Waals surface area contributed by atoms with E-state index in [0.717, 1.165) is 31.6 Å². The topological polar surface area (TPSA) is 70.7 Å². The van der Waals surface area contributed by atoms with Crippen LogP contribution in [0.1, 0.15) is 18.5 Å². The molecule has 0 amide bonds.